The highest BCUT2D eigenvalue weighted by Crippen LogP contribution is 2.20. The van der Waals surface area contributed by atoms with Gasteiger partial charge in [-0.15, -0.1) is 11.6 Å². The van der Waals surface area contributed by atoms with Crippen LogP contribution in [0.5, 0.6) is 0 Å². The Balaban J connectivity index is 2.99. The predicted octanol–water partition coefficient (Wildman–Crippen LogP) is 4.32. The van der Waals surface area contributed by atoms with Crippen molar-refractivity contribution in [3.05, 3.63) is 34.3 Å². The SMILES string of the molecule is CCC(CC)N(CCCl)C(=O)c1ccccc1Br. The molecule has 0 N–H and O–H groups in total. The maximum Gasteiger partial charge on any atom is 0.255 e. The highest BCUT2D eigenvalue weighted by molar-refractivity contribution is 9.10. The first-order valence-electron chi connectivity index (χ1n) is 6.27. The van der Waals surface area contributed by atoms with E-state index in [2.05, 4.69) is 29.8 Å². The first-order chi connectivity index (χ1) is 8.65. The second-order valence-electron chi connectivity index (χ2n) is 4.14. The van der Waals surface area contributed by atoms with Gasteiger partial charge in [0, 0.05) is 22.9 Å². The summed E-state index contributed by atoms with van der Waals surface area (Å²) in [7, 11) is 0. The molecule has 0 saturated carbocycles. The summed E-state index contributed by atoms with van der Waals surface area (Å²) in [5, 5.41) is 0. The molecule has 0 radical (unpaired) electrons. The lowest BCUT2D eigenvalue weighted by atomic mass is 10.1. The highest BCUT2D eigenvalue weighted by atomic mass is 79.9. The third-order valence-electron chi connectivity index (χ3n) is 3.07. The van der Waals surface area contributed by atoms with Crippen LogP contribution in [0.25, 0.3) is 0 Å². The van der Waals surface area contributed by atoms with Crippen molar-refractivity contribution >= 4 is 33.4 Å². The van der Waals surface area contributed by atoms with E-state index in [0.29, 0.717) is 18.0 Å². The normalized spacial score (nSPS) is 10.7. The third kappa shape index (κ3) is 3.72. The summed E-state index contributed by atoms with van der Waals surface area (Å²) in [5.74, 6) is 0.518. The van der Waals surface area contributed by atoms with E-state index in [0.717, 1.165) is 17.3 Å². The molecule has 0 spiro atoms. The summed E-state index contributed by atoms with van der Waals surface area (Å²) in [4.78, 5) is 14.4. The van der Waals surface area contributed by atoms with Crippen LogP contribution in [0, 0.1) is 0 Å². The Bertz CT molecular complexity index is 393. The molecule has 100 valence electrons. The molecular weight excluding hydrogens is 314 g/mol. The number of alkyl halides is 1. The number of nitrogens with zero attached hydrogens (tertiary/aromatic N) is 1. The molecule has 0 unspecified atom stereocenters. The third-order valence-corrected chi connectivity index (χ3v) is 3.93. The quantitative estimate of drug-likeness (QED) is 0.710. The molecule has 0 aromatic heterocycles. The number of benzene rings is 1. The molecule has 1 aromatic rings. The lowest BCUT2D eigenvalue weighted by molar-refractivity contribution is 0.0680. The molecule has 4 heteroatoms. The Kier molecular flexibility index (Phi) is 6.72. The average Bonchev–Trinajstić information content (AvgIpc) is 2.39. The molecule has 2 nitrogen and oxygen atoms in total. The van der Waals surface area contributed by atoms with Gasteiger partial charge in [0.2, 0.25) is 0 Å². The fourth-order valence-electron chi connectivity index (χ4n) is 2.06. The van der Waals surface area contributed by atoms with Crippen LogP contribution in [0.3, 0.4) is 0 Å². The zero-order valence-corrected chi connectivity index (χ0v) is 13.2. The minimum atomic E-state index is 0.0526. The number of halogens is 2. The maximum atomic E-state index is 12.6. The Morgan fingerprint density at radius 2 is 1.94 bits per heavy atom. The Hall–Kier alpha value is -0.540. The molecule has 0 heterocycles. The molecule has 0 aliphatic carbocycles. The second kappa shape index (κ2) is 7.80. The molecule has 0 aliphatic heterocycles. The highest BCUT2D eigenvalue weighted by Gasteiger charge is 2.23. The van der Waals surface area contributed by atoms with Gasteiger partial charge in [-0.05, 0) is 40.9 Å². The van der Waals surface area contributed by atoms with Gasteiger partial charge in [-0.2, -0.15) is 0 Å². The molecule has 1 amide bonds. The molecule has 0 saturated heterocycles. The van der Waals surface area contributed by atoms with Crippen molar-refractivity contribution in [3.8, 4) is 0 Å². The van der Waals surface area contributed by atoms with Crippen molar-refractivity contribution in [2.45, 2.75) is 32.7 Å². The first kappa shape index (κ1) is 15.5. The molecule has 18 heavy (non-hydrogen) atoms. The number of rotatable bonds is 6. The number of hydrogen-bond acceptors (Lipinski definition) is 1. The summed E-state index contributed by atoms with van der Waals surface area (Å²) < 4.78 is 0.834. The van der Waals surface area contributed by atoms with Gasteiger partial charge in [-0.25, -0.2) is 0 Å². The van der Waals surface area contributed by atoms with Crippen molar-refractivity contribution in [1.82, 2.24) is 4.90 Å². The minimum Gasteiger partial charge on any atom is -0.334 e. The van der Waals surface area contributed by atoms with E-state index in [-0.39, 0.29) is 11.9 Å². The molecule has 1 aromatic carbocycles. The number of hydrogen-bond donors (Lipinski definition) is 0. The zero-order valence-electron chi connectivity index (χ0n) is 10.8. The van der Waals surface area contributed by atoms with Crippen LogP contribution in [0.2, 0.25) is 0 Å². The van der Waals surface area contributed by atoms with Crippen molar-refractivity contribution < 1.29 is 4.79 Å². The van der Waals surface area contributed by atoms with Crippen LogP contribution in [0.1, 0.15) is 37.0 Å². The molecule has 0 atom stereocenters. The van der Waals surface area contributed by atoms with Gasteiger partial charge in [0.05, 0.1) is 5.56 Å². The van der Waals surface area contributed by atoms with Gasteiger partial charge in [0.1, 0.15) is 0 Å². The van der Waals surface area contributed by atoms with Crippen LogP contribution in [-0.4, -0.2) is 29.3 Å². The van der Waals surface area contributed by atoms with Gasteiger partial charge in [0.15, 0.2) is 0 Å². The van der Waals surface area contributed by atoms with E-state index in [4.69, 9.17) is 11.6 Å². The Morgan fingerprint density at radius 3 is 2.44 bits per heavy atom. The standard InChI is InChI=1S/C14H19BrClNO/c1-3-11(4-2)17(10-9-16)14(18)12-7-5-6-8-13(12)15/h5-8,11H,3-4,9-10H2,1-2H3. The van der Waals surface area contributed by atoms with Crippen LogP contribution in [0.15, 0.2) is 28.7 Å². The Morgan fingerprint density at radius 1 is 1.33 bits per heavy atom. The van der Waals surface area contributed by atoms with Crippen molar-refractivity contribution in [2.75, 3.05) is 12.4 Å². The van der Waals surface area contributed by atoms with Gasteiger partial charge in [-0.3, -0.25) is 4.79 Å². The molecular formula is C14H19BrClNO. The van der Waals surface area contributed by atoms with Crippen LogP contribution in [0.4, 0.5) is 0 Å². The maximum absolute atomic E-state index is 12.6. The first-order valence-corrected chi connectivity index (χ1v) is 7.59. The predicted molar refractivity (Wildman–Crippen MR) is 80.3 cm³/mol. The zero-order chi connectivity index (χ0) is 13.5. The summed E-state index contributed by atoms with van der Waals surface area (Å²) >= 11 is 9.25. The van der Waals surface area contributed by atoms with E-state index in [1.165, 1.54) is 0 Å². The van der Waals surface area contributed by atoms with Crippen molar-refractivity contribution in [1.29, 1.82) is 0 Å². The van der Waals surface area contributed by atoms with Gasteiger partial charge in [-0.1, -0.05) is 26.0 Å². The molecule has 0 fully saturated rings. The largest absolute Gasteiger partial charge is 0.334 e. The topological polar surface area (TPSA) is 20.3 Å². The Labute approximate surface area is 122 Å². The van der Waals surface area contributed by atoms with Crippen LogP contribution < -0.4 is 0 Å². The van der Waals surface area contributed by atoms with Gasteiger partial charge in [0.25, 0.3) is 5.91 Å². The van der Waals surface area contributed by atoms with E-state index < -0.39 is 0 Å². The monoisotopic (exact) mass is 331 g/mol. The van der Waals surface area contributed by atoms with Gasteiger partial charge < -0.3 is 4.90 Å². The summed E-state index contributed by atoms with van der Waals surface area (Å²) in [5.41, 5.74) is 0.703. The van der Waals surface area contributed by atoms with Crippen LogP contribution >= 0.6 is 27.5 Å². The number of carbonyl (C=O) groups excluding carboxylic acids is 1. The summed E-state index contributed by atoms with van der Waals surface area (Å²) in [6.45, 7) is 4.79. The lowest BCUT2D eigenvalue weighted by Crippen LogP contribution is -2.41. The van der Waals surface area contributed by atoms with Crippen molar-refractivity contribution in [2.24, 2.45) is 0 Å². The van der Waals surface area contributed by atoms with Crippen molar-refractivity contribution in [3.63, 3.8) is 0 Å². The number of carbonyl (C=O) groups is 1. The second-order valence-corrected chi connectivity index (χ2v) is 5.37. The molecule has 1 rings (SSSR count). The smallest absolute Gasteiger partial charge is 0.255 e. The lowest BCUT2D eigenvalue weighted by Gasteiger charge is -2.30. The number of amides is 1. The molecule has 0 aliphatic rings. The molecule has 0 bridgehead atoms. The minimum absolute atomic E-state index is 0.0526. The van der Waals surface area contributed by atoms with E-state index in [1.807, 2.05) is 29.2 Å². The summed E-state index contributed by atoms with van der Waals surface area (Å²) in [6.07, 6.45) is 1.90. The van der Waals surface area contributed by atoms with E-state index in [9.17, 15) is 4.79 Å². The fraction of sp³-hybridized carbons (Fsp3) is 0.500. The fourth-order valence-corrected chi connectivity index (χ4v) is 2.70. The van der Waals surface area contributed by atoms with E-state index in [1.54, 1.807) is 0 Å². The van der Waals surface area contributed by atoms with Crippen LogP contribution in [-0.2, 0) is 0 Å². The summed E-state index contributed by atoms with van der Waals surface area (Å²) in [6, 6.07) is 7.77. The van der Waals surface area contributed by atoms with E-state index >= 15 is 0 Å². The van der Waals surface area contributed by atoms with Gasteiger partial charge >= 0.3 is 0 Å². The average molecular weight is 333 g/mol.